The molecule has 0 aliphatic carbocycles. The summed E-state index contributed by atoms with van der Waals surface area (Å²) in [5.74, 6) is -5.01. The number of oxime groups is 1. The number of hydrogen-bond acceptors (Lipinski definition) is 17. The van der Waals surface area contributed by atoms with Gasteiger partial charge in [-0.2, -0.15) is 4.98 Å². The number of carboxylic acid groups (broad SMARTS) is 2. The second kappa shape index (κ2) is 13.2. The smallest absolute Gasteiger partial charge is 0.376 e. The lowest BCUT2D eigenvalue weighted by Crippen LogP contribution is -2.71. The summed E-state index contributed by atoms with van der Waals surface area (Å²) in [6.45, 7) is 0. The summed E-state index contributed by atoms with van der Waals surface area (Å²) >= 11 is 3.32. The fourth-order valence-corrected chi connectivity index (χ4v) is 8.00. The number of nitrogens with one attached hydrogen (secondary N) is 1. The first-order chi connectivity index (χ1) is 23.7. The van der Waals surface area contributed by atoms with Gasteiger partial charge < -0.3 is 47.8 Å². The molecule has 1 aromatic carbocycles. The Bertz CT molecular complexity index is 2150. The summed E-state index contributed by atoms with van der Waals surface area (Å²) < 4.78 is 3.08. The predicted octanol–water partition coefficient (Wildman–Crippen LogP) is -0.754. The van der Waals surface area contributed by atoms with E-state index in [4.69, 9.17) is 22.0 Å². The molecule has 0 saturated carbocycles. The second-order valence-corrected chi connectivity index (χ2v) is 13.6. The molecule has 50 heavy (non-hydrogen) atoms. The lowest BCUT2D eigenvalue weighted by Gasteiger charge is -2.49. The van der Waals surface area contributed by atoms with E-state index in [1.165, 1.54) is 27.7 Å². The van der Waals surface area contributed by atoms with E-state index in [1.54, 1.807) is 17.7 Å². The van der Waals surface area contributed by atoms with Crippen LogP contribution in [0.25, 0.3) is 5.65 Å². The van der Waals surface area contributed by atoms with Crippen LogP contribution in [0.2, 0.25) is 0 Å². The number of amides is 2. The highest BCUT2D eigenvalue weighted by Gasteiger charge is 2.54. The lowest BCUT2D eigenvalue weighted by molar-refractivity contribution is -0.631. The number of hydrogen-bond donors (Lipinski definition) is 8. The topological polar surface area (TPSA) is 311 Å². The van der Waals surface area contributed by atoms with E-state index < -0.39 is 58.5 Å². The zero-order valence-electron chi connectivity index (χ0n) is 25.5. The van der Waals surface area contributed by atoms with E-state index in [0.717, 1.165) is 40.1 Å². The first-order valence-corrected chi connectivity index (χ1v) is 17.0. The number of aliphatic carboxylic acids is 2. The summed E-state index contributed by atoms with van der Waals surface area (Å²) in [6.07, 6.45) is -1.83. The Morgan fingerprint density at radius 2 is 1.94 bits per heavy atom. The molecule has 23 heteroatoms. The minimum absolute atomic E-state index is 0.0492. The molecule has 0 spiro atoms. The molecule has 6 rings (SSSR count). The number of aromatic hydroxyl groups is 2. The van der Waals surface area contributed by atoms with Crippen LogP contribution in [0.3, 0.4) is 0 Å². The SMILES string of the molecule is C[n+]1c(N)nn2c(SCC3=C(C(=O)O)N4C(=O)C(NC(=O)/C(=N\OC(C(=O)O)c5ccc(O)c(O)c5)c5csc(N)n5)[C@H]4SC3)nc(N)cc21. The first kappa shape index (κ1) is 34.1. The highest BCUT2D eigenvalue weighted by Crippen LogP contribution is 2.41. The Morgan fingerprint density at radius 1 is 1.18 bits per heavy atom. The maximum Gasteiger partial charge on any atom is 0.376 e. The van der Waals surface area contributed by atoms with Gasteiger partial charge in [0.1, 0.15) is 28.6 Å². The van der Waals surface area contributed by atoms with Gasteiger partial charge in [0, 0.05) is 33.6 Å². The van der Waals surface area contributed by atoms with Crippen molar-refractivity contribution in [3.8, 4) is 11.5 Å². The molecule has 4 aromatic rings. The van der Waals surface area contributed by atoms with E-state index >= 15 is 0 Å². The van der Waals surface area contributed by atoms with Gasteiger partial charge in [-0.1, -0.05) is 27.5 Å². The van der Waals surface area contributed by atoms with Crippen LogP contribution in [0.4, 0.5) is 16.9 Å². The van der Waals surface area contributed by atoms with Gasteiger partial charge in [-0.05, 0) is 17.7 Å². The number of benzene rings is 1. The van der Waals surface area contributed by atoms with E-state index in [-0.39, 0.29) is 45.4 Å². The molecule has 3 aromatic heterocycles. The van der Waals surface area contributed by atoms with Crippen LogP contribution in [0, 0.1) is 0 Å². The van der Waals surface area contributed by atoms with Crippen molar-refractivity contribution in [3.63, 3.8) is 0 Å². The number of aryl methyl sites for hydroxylation is 1. The molecule has 2 unspecified atom stereocenters. The maximum atomic E-state index is 13.5. The van der Waals surface area contributed by atoms with E-state index in [2.05, 4.69) is 25.5 Å². The Balaban J connectivity index is 1.22. The van der Waals surface area contributed by atoms with Gasteiger partial charge in [0.2, 0.25) is 16.9 Å². The third kappa shape index (κ3) is 6.23. The van der Waals surface area contributed by atoms with Gasteiger partial charge in [0.05, 0.1) is 7.05 Å². The predicted molar refractivity (Wildman–Crippen MR) is 178 cm³/mol. The Morgan fingerprint density at radius 3 is 2.60 bits per heavy atom. The van der Waals surface area contributed by atoms with Crippen molar-refractivity contribution < 1.29 is 49.0 Å². The number of carboxylic acids is 2. The number of carbonyl (C=O) groups excluding carboxylic acids is 2. The average molecular weight is 745 g/mol. The van der Waals surface area contributed by atoms with Gasteiger partial charge in [0.25, 0.3) is 11.8 Å². The number of anilines is 3. The number of β-lactam (4-membered cyclic amide) rings is 1. The Labute approximate surface area is 292 Å². The molecule has 2 amide bonds. The summed E-state index contributed by atoms with van der Waals surface area (Å²) in [5, 5.41) is 50.8. The van der Waals surface area contributed by atoms with Gasteiger partial charge >= 0.3 is 17.9 Å². The number of rotatable bonds is 11. The number of fused-ring (bicyclic) bond motifs is 2. The first-order valence-electron chi connectivity index (χ1n) is 14.1. The third-order valence-corrected chi connectivity index (χ3v) is 10.5. The largest absolute Gasteiger partial charge is 0.504 e. The standard InChI is InChI=1S/C27H25N11O9S3/c1-36-15-5-14(28)32-27(38(15)34-25(36)29)50-7-10-6-48-22-17(21(42)37(22)18(10)23(43)44)33-20(41)16(11-8-49-26(30)31-11)35-47-19(24(45)46)9-2-3-12(39)13(40)4-9/h2-5,8,17,19,22,28H,6-7H2,1H3,(H9,29,30,31,33,34,35,39,40,41,43,44,45,46)/p+1/t17?,19?,22-/m1/s1. The molecule has 0 bridgehead atoms. The van der Waals surface area contributed by atoms with Crippen LogP contribution in [0.5, 0.6) is 11.5 Å². The number of thioether (sulfide) groups is 2. The molecule has 5 heterocycles. The number of phenols is 2. The molecule has 20 nitrogen and oxygen atoms in total. The van der Waals surface area contributed by atoms with Gasteiger partial charge in [-0.3, -0.25) is 14.5 Å². The molecule has 2 aliphatic rings. The number of nitrogens with zero attached hydrogens (tertiary/aromatic N) is 7. The van der Waals surface area contributed by atoms with Crippen LogP contribution in [-0.2, 0) is 31.1 Å². The molecule has 3 atom stereocenters. The molecule has 11 N–H and O–H groups in total. The van der Waals surface area contributed by atoms with Crippen molar-refractivity contribution in [2.75, 3.05) is 28.7 Å². The van der Waals surface area contributed by atoms with E-state index in [1.807, 2.05) is 0 Å². The normalized spacial score (nSPS) is 18.1. The van der Waals surface area contributed by atoms with Crippen LogP contribution in [0.1, 0.15) is 17.4 Å². The highest BCUT2D eigenvalue weighted by atomic mass is 32.2. The number of thiazole rings is 1. The molecule has 260 valence electrons. The van der Waals surface area contributed by atoms with Crippen molar-refractivity contribution >= 4 is 86.9 Å². The molecule has 1 fully saturated rings. The minimum Gasteiger partial charge on any atom is -0.504 e. The van der Waals surface area contributed by atoms with E-state index in [0.29, 0.717) is 16.4 Å². The molecule has 2 aliphatic heterocycles. The summed E-state index contributed by atoms with van der Waals surface area (Å²) in [6, 6.07) is 3.56. The zero-order chi connectivity index (χ0) is 36.0. The van der Waals surface area contributed by atoms with Crippen LogP contribution < -0.4 is 27.1 Å². The molecular weight excluding hydrogens is 719 g/mol. The number of nitrogens with two attached hydrogens (primary N) is 3. The molecule has 1 saturated heterocycles. The Hall–Kier alpha value is -5.81. The molecule has 0 radical (unpaired) electrons. The lowest BCUT2D eigenvalue weighted by atomic mass is 10.0. The molecular formula is C27H26N11O9S3+. The second-order valence-electron chi connectivity index (χ2n) is 10.6. The third-order valence-electron chi connectivity index (χ3n) is 7.46. The van der Waals surface area contributed by atoms with Crippen molar-refractivity contribution in [3.05, 3.63) is 52.2 Å². The number of phenolic OH excluding ortho intramolecular Hbond substituents is 2. The minimum atomic E-state index is -1.83. The van der Waals surface area contributed by atoms with Crippen molar-refractivity contribution in [2.45, 2.75) is 22.7 Å². The van der Waals surface area contributed by atoms with Crippen molar-refractivity contribution in [2.24, 2.45) is 12.2 Å². The summed E-state index contributed by atoms with van der Waals surface area (Å²) in [7, 11) is 1.70. The highest BCUT2D eigenvalue weighted by molar-refractivity contribution is 8.01. The summed E-state index contributed by atoms with van der Waals surface area (Å²) in [4.78, 5) is 66.0. The Kier molecular flexibility index (Phi) is 9.02. The summed E-state index contributed by atoms with van der Waals surface area (Å²) in [5.41, 5.74) is 17.6. The van der Waals surface area contributed by atoms with Crippen LogP contribution in [-0.4, -0.2) is 97.3 Å². The van der Waals surface area contributed by atoms with Crippen molar-refractivity contribution in [1.82, 2.24) is 29.8 Å². The fraction of sp³-hybridized carbons (Fsp3) is 0.222. The van der Waals surface area contributed by atoms with Crippen LogP contribution in [0.15, 0.2) is 51.2 Å². The number of carbonyl (C=O) groups is 4. The maximum absolute atomic E-state index is 13.5. The zero-order valence-corrected chi connectivity index (χ0v) is 27.9. The number of aromatic nitrogens is 5. The monoisotopic (exact) mass is 744 g/mol. The van der Waals surface area contributed by atoms with E-state index in [9.17, 15) is 39.6 Å². The van der Waals surface area contributed by atoms with Crippen LogP contribution >= 0.6 is 34.9 Å². The fourth-order valence-electron chi connectivity index (χ4n) is 5.01. The van der Waals surface area contributed by atoms with Gasteiger partial charge in [0.15, 0.2) is 22.3 Å². The number of nitrogen functional groups attached to an aromatic ring is 3. The quantitative estimate of drug-likeness (QED) is 0.0178. The van der Waals surface area contributed by atoms with Gasteiger partial charge in [-0.25, -0.2) is 19.1 Å². The van der Waals surface area contributed by atoms with Gasteiger partial charge in [-0.15, -0.1) is 23.1 Å². The van der Waals surface area contributed by atoms with Crippen molar-refractivity contribution in [1.29, 1.82) is 0 Å². The average Bonchev–Trinajstić information content (AvgIpc) is 3.62.